The highest BCUT2D eigenvalue weighted by atomic mass is 13.9. The van der Waals surface area contributed by atoms with Crippen molar-refractivity contribution < 1.29 is 0 Å². The van der Waals surface area contributed by atoms with Gasteiger partial charge in [0.05, 0.1) is 0 Å². The zero-order chi connectivity index (χ0) is 10.4. The van der Waals surface area contributed by atoms with Crippen LogP contribution < -0.4 is 0 Å². The Morgan fingerprint density at radius 2 is 1.58 bits per heavy atom. The van der Waals surface area contributed by atoms with E-state index in [0.717, 1.165) is 6.42 Å². The molecule has 0 atom stereocenters. The number of hydrogen-bond donors (Lipinski definition) is 0. The third-order valence-corrected chi connectivity index (χ3v) is 0.973. The summed E-state index contributed by atoms with van der Waals surface area (Å²) in [5.41, 5.74) is 1.23. The molecule has 0 saturated heterocycles. The fourth-order valence-corrected chi connectivity index (χ4v) is 0.640. The molecule has 0 bridgehead atoms. The van der Waals surface area contributed by atoms with Gasteiger partial charge in [-0.3, -0.25) is 0 Å². The molecule has 0 aliphatic rings. The van der Waals surface area contributed by atoms with E-state index in [1.165, 1.54) is 12.0 Å². The van der Waals surface area contributed by atoms with Crippen molar-refractivity contribution >= 4 is 0 Å². The quantitative estimate of drug-likeness (QED) is 0.524. The second-order valence-corrected chi connectivity index (χ2v) is 1.91. The average molecular weight is 170 g/mol. The Morgan fingerprint density at radius 3 is 1.83 bits per heavy atom. The molecule has 0 fully saturated rings. The molecule has 0 radical (unpaired) electrons. The lowest BCUT2D eigenvalue weighted by atomic mass is 10.2. The smallest absolute Gasteiger partial charge is 0.0287 e. The van der Waals surface area contributed by atoms with Gasteiger partial charge in [0.15, 0.2) is 0 Å². The predicted molar refractivity (Wildman–Crippen MR) is 61.6 cm³/mol. The molecular formula is C12H26. The van der Waals surface area contributed by atoms with Crippen molar-refractivity contribution in [1.82, 2.24) is 0 Å². The van der Waals surface area contributed by atoms with Gasteiger partial charge in [0, 0.05) is 0 Å². The van der Waals surface area contributed by atoms with E-state index in [-0.39, 0.29) is 0 Å². The minimum absolute atomic E-state index is 1.13. The summed E-state index contributed by atoms with van der Waals surface area (Å²) < 4.78 is 0. The molecule has 0 saturated carbocycles. The lowest BCUT2D eigenvalue weighted by Crippen LogP contribution is -1.71. The maximum atomic E-state index is 3.85. The third kappa shape index (κ3) is 22.7. The minimum atomic E-state index is 1.13. The first kappa shape index (κ1) is 17.5. The molecule has 12 heavy (non-hydrogen) atoms. The van der Waals surface area contributed by atoms with Crippen molar-refractivity contribution in [2.45, 2.75) is 54.4 Å². The van der Waals surface area contributed by atoms with Crippen LogP contribution in [-0.2, 0) is 0 Å². The van der Waals surface area contributed by atoms with Crippen LogP contribution in [-0.4, -0.2) is 0 Å². The van der Waals surface area contributed by atoms with Gasteiger partial charge in [-0.15, -0.1) is 0 Å². The van der Waals surface area contributed by atoms with Crippen LogP contribution in [0.25, 0.3) is 0 Å². The van der Waals surface area contributed by atoms with Crippen molar-refractivity contribution in [1.29, 1.82) is 0 Å². The van der Waals surface area contributed by atoms with Crippen LogP contribution in [0.3, 0.4) is 0 Å². The van der Waals surface area contributed by atoms with E-state index < -0.39 is 0 Å². The molecule has 0 amide bonds. The molecule has 0 aromatic carbocycles. The fourth-order valence-electron chi connectivity index (χ4n) is 0.640. The summed E-state index contributed by atoms with van der Waals surface area (Å²) >= 11 is 0. The van der Waals surface area contributed by atoms with Crippen LogP contribution in [0.4, 0.5) is 0 Å². The van der Waals surface area contributed by atoms with Gasteiger partial charge in [0.25, 0.3) is 0 Å². The first-order chi connectivity index (χ1) is 5.81. The van der Waals surface area contributed by atoms with Gasteiger partial charge in [0.2, 0.25) is 0 Å². The van der Waals surface area contributed by atoms with Crippen LogP contribution in [0.1, 0.15) is 54.4 Å². The molecule has 0 spiro atoms. The summed E-state index contributed by atoms with van der Waals surface area (Å²) in [7, 11) is 0. The Balaban J connectivity index is -0.000000175. The first-order valence-corrected chi connectivity index (χ1v) is 5.11. The Bertz CT molecular complexity index is 88.2. The third-order valence-electron chi connectivity index (χ3n) is 0.973. The van der Waals surface area contributed by atoms with Gasteiger partial charge >= 0.3 is 0 Å². The van der Waals surface area contributed by atoms with Gasteiger partial charge in [-0.1, -0.05) is 65.3 Å². The van der Waals surface area contributed by atoms with E-state index in [1.54, 1.807) is 0 Å². The second kappa shape index (κ2) is 22.4. The van der Waals surface area contributed by atoms with Crippen molar-refractivity contribution in [2.24, 2.45) is 0 Å². The maximum Gasteiger partial charge on any atom is -0.0287 e. The van der Waals surface area contributed by atoms with E-state index in [0.29, 0.717) is 0 Å². The van der Waals surface area contributed by atoms with Gasteiger partial charge in [-0.05, 0) is 13.3 Å². The summed E-state index contributed by atoms with van der Waals surface area (Å²) in [5.74, 6) is 0. The molecule has 74 valence electrons. The van der Waals surface area contributed by atoms with Gasteiger partial charge < -0.3 is 0 Å². The van der Waals surface area contributed by atoms with E-state index in [2.05, 4.69) is 19.6 Å². The van der Waals surface area contributed by atoms with E-state index in [9.17, 15) is 0 Å². The van der Waals surface area contributed by atoms with Crippen LogP contribution in [0.2, 0.25) is 0 Å². The lowest BCUT2D eigenvalue weighted by Gasteiger charge is -1.91. The maximum absolute atomic E-state index is 3.85. The summed E-state index contributed by atoms with van der Waals surface area (Å²) in [4.78, 5) is 0. The zero-order valence-electron chi connectivity index (χ0n) is 9.78. The Kier molecular flexibility index (Phi) is 32.8. The van der Waals surface area contributed by atoms with Crippen LogP contribution in [0, 0.1) is 0 Å². The highest BCUT2D eigenvalue weighted by Crippen LogP contribution is 2.01. The average Bonchev–Trinajstić information content (AvgIpc) is 2.12. The molecule has 0 unspecified atom stereocenters. The van der Waals surface area contributed by atoms with Crippen LogP contribution in [0.5, 0.6) is 0 Å². The first-order valence-electron chi connectivity index (χ1n) is 5.11. The normalized spacial score (nSPS) is 7.83. The Morgan fingerprint density at radius 1 is 1.17 bits per heavy atom. The highest BCUT2D eigenvalue weighted by Gasteiger charge is 1.81. The summed E-state index contributed by atoms with van der Waals surface area (Å²) in [6.07, 6.45) is 6.41. The Hall–Kier alpha value is -0.520. The summed E-state index contributed by atoms with van der Waals surface area (Å²) in [6.45, 7) is 16.0. The molecule has 0 rings (SSSR count). The SMILES string of the molecule is C=C(/C=C\C)CCC.CC.CC. The largest absolute Gasteiger partial charge is 0.0958 e. The summed E-state index contributed by atoms with van der Waals surface area (Å²) in [6, 6.07) is 0. The van der Waals surface area contributed by atoms with E-state index in [1.807, 2.05) is 40.7 Å². The summed E-state index contributed by atoms with van der Waals surface area (Å²) in [5, 5.41) is 0. The molecule has 0 nitrogen and oxygen atoms in total. The molecule has 0 N–H and O–H groups in total. The Labute approximate surface area is 79.4 Å². The molecule has 0 aliphatic heterocycles. The number of allylic oxidation sites excluding steroid dienone is 3. The monoisotopic (exact) mass is 170 g/mol. The molecule has 0 aromatic heterocycles. The number of rotatable bonds is 3. The van der Waals surface area contributed by atoms with Crippen LogP contribution in [0.15, 0.2) is 24.3 Å². The van der Waals surface area contributed by atoms with Crippen LogP contribution >= 0.6 is 0 Å². The highest BCUT2D eigenvalue weighted by molar-refractivity contribution is 5.12. The standard InChI is InChI=1S/C8H14.2C2H6/c1-4-6-8(3)7-5-2;2*1-2/h4,6H,3,5,7H2,1-2H3;2*1-2H3/b6-4-;;. The lowest BCUT2D eigenvalue weighted by molar-refractivity contribution is 0.929. The fraction of sp³-hybridized carbons (Fsp3) is 0.667. The second-order valence-electron chi connectivity index (χ2n) is 1.91. The van der Waals surface area contributed by atoms with Crippen molar-refractivity contribution in [3.8, 4) is 0 Å². The van der Waals surface area contributed by atoms with Gasteiger partial charge in [-0.2, -0.15) is 0 Å². The molecule has 0 heteroatoms. The topological polar surface area (TPSA) is 0 Å². The van der Waals surface area contributed by atoms with Crippen molar-refractivity contribution in [3.63, 3.8) is 0 Å². The molecular weight excluding hydrogens is 144 g/mol. The molecule has 0 aromatic rings. The minimum Gasteiger partial charge on any atom is -0.0958 e. The van der Waals surface area contributed by atoms with E-state index >= 15 is 0 Å². The molecule has 0 heterocycles. The van der Waals surface area contributed by atoms with E-state index in [4.69, 9.17) is 0 Å². The van der Waals surface area contributed by atoms with Crippen molar-refractivity contribution in [3.05, 3.63) is 24.3 Å². The predicted octanol–water partition coefficient (Wildman–Crippen LogP) is 4.97. The molecule has 0 aliphatic carbocycles. The van der Waals surface area contributed by atoms with Crippen molar-refractivity contribution in [2.75, 3.05) is 0 Å². The van der Waals surface area contributed by atoms with Gasteiger partial charge in [0.1, 0.15) is 0 Å². The van der Waals surface area contributed by atoms with Gasteiger partial charge in [-0.25, -0.2) is 0 Å². The zero-order valence-corrected chi connectivity index (χ0v) is 9.78. The number of hydrogen-bond acceptors (Lipinski definition) is 0.